The van der Waals surface area contributed by atoms with Gasteiger partial charge in [0.15, 0.2) is 11.9 Å². The average molecular weight is 191 g/mol. The topological polar surface area (TPSA) is 67.2 Å². The largest absolute Gasteiger partial charge is 0.297 e. The van der Waals surface area contributed by atoms with E-state index in [0.29, 0.717) is 23.9 Å². The Balaban J connectivity index is 2.93. The first kappa shape index (κ1) is 8.68. The highest BCUT2D eigenvalue weighted by molar-refractivity contribution is 5.75. The van der Waals surface area contributed by atoms with Gasteiger partial charge in [-0.1, -0.05) is 6.92 Å². The van der Waals surface area contributed by atoms with Gasteiger partial charge >= 0.3 is 0 Å². The van der Waals surface area contributed by atoms with Crippen molar-refractivity contribution in [1.82, 2.24) is 14.6 Å². The summed E-state index contributed by atoms with van der Waals surface area (Å²) in [5, 5.41) is 2.74. The van der Waals surface area contributed by atoms with E-state index in [4.69, 9.17) is 0 Å². The monoisotopic (exact) mass is 191 g/mol. The number of aromatic nitrogens is 3. The van der Waals surface area contributed by atoms with Gasteiger partial charge in [0, 0.05) is 17.8 Å². The molecule has 0 radical (unpaired) electrons. The number of nitrogens with zero attached hydrogens (tertiary/aromatic N) is 2. The minimum absolute atomic E-state index is 0.204. The lowest BCUT2D eigenvalue weighted by Crippen LogP contribution is -2.22. The molecule has 72 valence electrons. The van der Waals surface area contributed by atoms with E-state index < -0.39 is 0 Å². The molecule has 0 aliphatic rings. The van der Waals surface area contributed by atoms with Crippen molar-refractivity contribution in [3.8, 4) is 0 Å². The minimum Gasteiger partial charge on any atom is -0.297 e. The van der Waals surface area contributed by atoms with Crippen molar-refractivity contribution in [3.05, 3.63) is 33.9 Å². The van der Waals surface area contributed by atoms with E-state index in [0.717, 1.165) is 0 Å². The van der Waals surface area contributed by atoms with Crippen molar-refractivity contribution in [2.45, 2.75) is 13.3 Å². The lowest BCUT2D eigenvalue weighted by atomic mass is 10.2. The highest BCUT2D eigenvalue weighted by Crippen LogP contribution is 2.02. The van der Waals surface area contributed by atoms with Crippen LogP contribution >= 0.6 is 0 Å². The second-order valence-corrected chi connectivity index (χ2v) is 2.91. The van der Waals surface area contributed by atoms with E-state index in [2.05, 4.69) is 10.1 Å². The van der Waals surface area contributed by atoms with E-state index in [-0.39, 0.29) is 11.3 Å². The molecule has 0 aromatic carbocycles. The number of nitrogens with one attached hydrogen (secondary N) is 1. The van der Waals surface area contributed by atoms with Crippen molar-refractivity contribution in [2.75, 3.05) is 0 Å². The molecule has 14 heavy (non-hydrogen) atoms. The highest BCUT2D eigenvalue weighted by Gasteiger charge is 2.10. The number of rotatable bonds is 2. The molecule has 0 aliphatic heterocycles. The summed E-state index contributed by atoms with van der Waals surface area (Å²) in [6, 6.07) is 1.65. The van der Waals surface area contributed by atoms with Crippen LogP contribution in [0.25, 0.3) is 5.65 Å². The van der Waals surface area contributed by atoms with Gasteiger partial charge in [0.1, 0.15) is 5.69 Å². The predicted molar refractivity (Wildman–Crippen MR) is 50.6 cm³/mol. The quantitative estimate of drug-likeness (QED) is 0.698. The first-order valence-corrected chi connectivity index (χ1v) is 4.32. The molecule has 0 fully saturated rings. The third-order valence-electron chi connectivity index (χ3n) is 2.14. The summed E-state index contributed by atoms with van der Waals surface area (Å²) in [4.78, 5) is 26.5. The molecule has 0 spiro atoms. The van der Waals surface area contributed by atoms with Crippen molar-refractivity contribution in [3.63, 3.8) is 0 Å². The van der Waals surface area contributed by atoms with E-state index >= 15 is 0 Å². The van der Waals surface area contributed by atoms with Gasteiger partial charge in [0.25, 0.3) is 5.56 Å². The third kappa shape index (κ3) is 1.06. The summed E-state index contributed by atoms with van der Waals surface area (Å²) in [6.45, 7) is 1.82. The summed E-state index contributed by atoms with van der Waals surface area (Å²) in [5.74, 6) is 0. The number of aromatic amines is 1. The Hall–Kier alpha value is -1.91. The lowest BCUT2D eigenvalue weighted by molar-refractivity contribution is 0.111. The number of carbonyl (C=O) groups excluding carboxylic acids is 1. The molecule has 0 unspecified atom stereocenters. The molecule has 0 saturated heterocycles. The molecule has 1 N–H and O–H groups in total. The molecule has 5 nitrogen and oxygen atoms in total. The van der Waals surface area contributed by atoms with Gasteiger partial charge in [-0.15, -0.1) is 0 Å². The fourth-order valence-corrected chi connectivity index (χ4v) is 1.44. The smallest absolute Gasteiger partial charge is 0.276 e. The molecule has 0 amide bonds. The molecule has 2 rings (SSSR count). The molecule has 0 saturated carbocycles. The summed E-state index contributed by atoms with van der Waals surface area (Å²) >= 11 is 0. The Bertz CT molecular complexity index is 538. The van der Waals surface area contributed by atoms with Crippen LogP contribution in [-0.4, -0.2) is 20.9 Å². The van der Waals surface area contributed by atoms with Gasteiger partial charge in [0.05, 0.1) is 0 Å². The summed E-state index contributed by atoms with van der Waals surface area (Å²) in [7, 11) is 0. The molecule has 0 bridgehead atoms. The van der Waals surface area contributed by atoms with Gasteiger partial charge in [0.2, 0.25) is 0 Å². The Morgan fingerprint density at radius 3 is 3.07 bits per heavy atom. The normalized spacial score (nSPS) is 10.6. The van der Waals surface area contributed by atoms with Gasteiger partial charge in [-0.3, -0.25) is 14.7 Å². The van der Waals surface area contributed by atoms with E-state index in [1.165, 1.54) is 4.52 Å². The van der Waals surface area contributed by atoms with Crippen LogP contribution in [0, 0.1) is 0 Å². The number of hydrogen-bond acceptors (Lipinski definition) is 3. The highest BCUT2D eigenvalue weighted by atomic mass is 16.1. The van der Waals surface area contributed by atoms with Crippen LogP contribution < -0.4 is 5.56 Å². The van der Waals surface area contributed by atoms with Crippen LogP contribution in [0.1, 0.15) is 23.0 Å². The summed E-state index contributed by atoms with van der Waals surface area (Å²) in [6.07, 6.45) is 2.73. The predicted octanol–water partition coefficient (Wildman–Crippen LogP) is 0.397. The number of hydrogen-bond donors (Lipinski definition) is 1. The first-order chi connectivity index (χ1) is 6.77. The lowest BCUT2D eigenvalue weighted by Gasteiger charge is -2.00. The molecular formula is C9H9N3O2. The van der Waals surface area contributed by atoms with Crippen molar-refractivity contribution >= 4 is 11.9 Å². The zero-order valence-corrected chi connectivity index (χ0v) is 7.65. The minimum atomic E-state index is -0.204. The van der Waals surface area contributed by atoms with Crippen LogP contribution in [0.4, 0.5) is 0 Å². The van der Waals surface area contributed by atoms with Gasteiger partial charge < -0.3 is 0 Å². The standard InChI is InChI=1S/C9H9N3O2/c1-2-6-7(5-13)11-8-3-4-10-12(8)9(6)14/h3-5,10H,2H2,1H3. The number of aldehydes is 1. The maximum atomic E-state index is 11.7. The third-order valence-corrected chi connectivity index (χ3v) is 2.14. The zero-order valence-electron chi connectivity index (χ0n) is 7.65. The van der Waals surface area contributed by atoms with Crippen LogP contribution in [0.2, 0.25) is 0 Å². The SMILES string of the molecule is CCc1c(C=O)nc2cc[nH]n2c1=O. The molecule has 5 heteroatoms. The average Bonchev–Trinajstić information content (AvgIpc) is 2.65. The number of carbonyl (C=O) groups is 1. The molecule has 2 heterocycles. The van der Waals surface area contributed by atoms with E-state index in [9.17, 15) is 9.59 Å². The summed E-state index contributed by atoms with van der Waals surface area (Å²) in [5.41, 5.74) is 0.941. The number of fused-ring (bicyclic) bond motifs is 1. The number of H-pyrrole nitrogens is 1. The second-order valence-electron chi connectivity index (χ2n) is 2.91. The maximum Gasteiger partial charge on any atom is 0.276 e. The van der Waals surface area contributed by atoms with Crippen LogP contribution in [0.3, 0.4) is 0 Å². The van der Waals surface area contributed by atoms with Crippen molar-refractivity contribution in [2.24, 2.45) is 0 Å². The van der Waals surface area contributed by atoms with E-state index in [1.54, 1.807) is 12.3 Å². The van der Waals surface area contributed by atoms with Crippen molar-refractivity contribution in [1.29, 1.82) is 0 Å². The molecule has 2 aromatic rings. The zero-order chi connectivity index (χ0) is 10.1. The van der Waals surface area contributed by atoms with Crippen LogP contribution in [-0.2, 0) is 6.42 Å². The van der Waals surface area contributed by atoms with Gasteiger partial charge in [-0.05, 0) is 6.42 Å². The fraction of sp³-hybridized carbons (Fsp3) is 0.222. The Morgan fingerprint density at radius 1 is 1.64 bits per heavy atom. The van der Waals surface area contributed by atoms with Gasteiger partial charge in [-0.25, -0.2) is 9.50 Å². The van der Waals surface area contributed by atoms with Crippen LogP contribution in [0.5, 0.6) is 0 Å². The van der Waals surface area contributed by atoms with Gasteiger partial charge in [-0.2, -0.15) is 0 Å². The Kier molecular flexibility index (Phi) is 1.92. The Morgan fingerprint density at radius 2 is 2.43 bits per heavy atom. The molecular weight excluding hydrogens is 182 g/mol. The summed E-state index contributed by atoms with van der Waals surface area (Å²) < 4.78 is 1.33. The fourth-order valence-electron chi connectivity index (χ4n) is 1.44. The Labute approximate surface area is 79.4 Å². The molecule has 2 aromatic heterocycles. The second kappa shape index (κ2) is 3.10. The maximum absolute atomic E-state index is 11.7. The van der Waals surface area contributed by atoms with Crippen LogP contribution in [0.15, 0.2) is 17.1 Å². The molecule has 0 aliphatic carbocycles. The van der Waals surface area contributed by atoms with Crippen molar-refractivity contribution < 1.29 is 4.79 Å². The molecule has 0 atom stereocenters. The van der Waals surface area contributed by atoms with E-state index in [1.807, 2.05) is 6.92 Å². The first-order valence-electron chi connectivity index (χ1n) is 4.32.